The molecule has 0 aliphatic carbocycles. The van der Waals surface area contributed by atoms with Crippen molar-refractivity contribution in [3.63, 3.8) is 0 Å². The van der Waals surface area contributed by atoms with Crippen LogP contribution in [0, 0.1) is 0 Å². The molecule has 0 fully saturated rings. The van der Waals surface area contributed by atoms with Crippen molar-refractivity contribution in [3.05, 3.63) is 42.7 Å². The first-order valence-corrected chi connectivity index (χ1v) is 6.95. The number of anilines is 1. The number of hydrogen-bond acceptors (Lipinski definition) is 4. The average molecular weight is 300 g/mol. The van der Waals surface area contributed by atoms with Crippen molar-refractivity contribution >= 4 is 17.5 Å². The fraction of sp³-hybridized carbons (Fsp3) is 0.267. The van der Waals surface area contributed by atoms with Crippen LogP contribution in [0.2, 0.25) is 0 Å². The second-order valence-electron chi connectivity index (χ2n) is 5.11. The molecule has 2 amide bonds. The summed E-state index contributed by atoms with van der Waals surface area (Å²) in [5.41, 5.74) is -1.02. The summed E-state index contributed by atoms with van der Waals surface area (Å²) in [6.07, 6.45) is 3.46. The van der Waals surface area contributed by atoms with Crippen molar-refractivity contribution in [2.45, 2.75) is 19.1 Å². The number of aromatic nitrogens is 2. The molecule has 0 saturated heterocycles. The number of ether oxygens (including phenoxy) is 1. The van der Waals surface area contributed by atoms with Crippen molar-refractivity contribution in [2.75, 3.05) is 11.9 Å². The predicted molar refractivity (Wildman–Crippen MR) is 79.3 cm³/mol. The number of para-hydroxylation sites is 2. The fourth-order valence-electron chi connectivity index (χ4n) is 2.20. The molecule has 1 aliphatic heterocycles. The largest absolute Gasteiger partial charge is 0.466 e. The number of rotatable bonds is 4. The molecule has 1 atom stereocenters. The van der Waals surface area contributed by atoms with E-state index in [9.17, 15) is 9.59 Å². The topological polar surface area (TPSA) is 85.2 Å². The average Bonchev–Trinajstić information content (AvgIpc) is 3.01. The molecule has 2 N–H and O–H groups in total. The Hall–Kier alpha value is -2.83. The van der Waals surface area contributed by atoms with Gasteiger partial charge in [-0.2, -0.15) is 5.10 Å². The van der Waals surface area contributed by atoms with E-state index in [2.05, 4.69) is 15.7 Å². The Labute approximate surface area is 127 Å². The van der Waals surface area contributed by atoms with Gasteiger partial charge in [-0.25, -0.2) is 0 Å². The minimum absolute atomic E-state index is 0.356. The quantitative estimate of drug-likeness (QED) is 0.818. The van der Waals surface area contributed by atoms with Crippen LogP contribution in [0.5, 0.6) is 5.75 Å². The third kappa shape index (κ3) is 2.52. The van der Waals surface area contributed by atoms with Crippen LogP contribution in [0.3, 0.4) is 0 Å². The number of carbonyl (C=O) groups is 2. The summed E-state index contributed by atoms with van der Waals surface area (Å²) in [4.78, 5) is 24.5. The number of fused-ring (bicyclic) bond motifs is 1. The van der Waals surface area contributed by atoms with E-state index in [0.717, 1.165) is 0 Å². The van der Waals surface area contributed by atoms with E-state index in [1.165, 1.54) is 6.92 Å². The van der Waals surface area contributed by atoms with E-state index >= 15 is 0 Å². The van der Waals surface area contributed by atoms with Gasteiger partial charge < -0.3 is 15.4 Å². The van der Waals surface area contributed by atoms with E-state index in [-0.39, 0.29) is 0 Å². The number of nitrogens with one attached hydrogen (secondary N) is 2. The molecule has 0 spiro atoms. The molecule has 1 aromatic heterocycles. The van der Waals surface area contributed by atoms with Crippen molar-refractivity contribution < 1.29 is 14.3 Å². The van der Waals surface area contributed by atoms with E-state index < -0.39 is 17.4 Å². The molecule has 7 nitrogen and oxygen atoms in total. The lowest BCUT2D eigenvalue weighted by Gasteiger charge is -2.33. The lowest BCUT2D eigenvalue weighted by molar-refractivity contribution is -0.146. The lowest BCUT2D eigenvalue weighted by Crippen LogP contribution is -2.59. The first kappa shape index (κ1) is 14.1. The molecule has 1 aromatic carbocycles. The van der Waals surface area contributed by atoms with E-state index in [1.807, 2.05) is 0 Å². The van der Waals surface area contributed by atoms with Gasteiger partial charge in [0.2, 0.25) is 0 Å². The summed E-state index contributed by atoms with van der Waals surface area (Å²) >= 11 is 0. The van der Waals surface area contributed by atoms with E-state index in [4.69, 9.17) is 4.74 Å². The third-order valence-corrected chi connectivity index (χ3v) is 3.50. The smallest absolute Gasteiger partial charge is 0.278 e. The standard InChI is InChI=1S/C15H16N4O3/c1-15(13(20)16-8-10-19-9-4-7-17-19)14(21)18-11-5-2-3-6-12(11)22-15/h2-7,9H,8,10H2,1H3,(H,16,20)(H,18,21)/t15-/m1/s1. The van der Waals surface area contributed by atoms with Crippen LogP contribution in [0.25, 0.3) is 0 Å². The Morgan fingerprint density at radius 3 is 3.00 bits per heavy atom. The minimum atomic E-state index is -1.58. The Morgan fingerprint density at radius 1 is 1.41 bits per heavy atom. The summed E-state index contributed by atoms with van der Waals surface area (Å²) in [5.74, 6) is -0.485. The molecule has 2 aromatic rings. The van der Waals surface area contributed by atoms with Crippen LogP contribution in [0.4, 0.5) is 5.69 Å². The predicted octanol–water partition coefficient (Wildman–Crippen LogP) is 0.789. The highest BCUT2D eigenvalue weighted by Crippen LogP contribution is 2.33. The van der Waals surface area contributed by atoms with Gasteiger partial charge in [-0.1, -0.05) is 12.1 Å². The first-order chi connectivity index (χ1) is 10.6. The molecule has 22 heavy (non-hydrogen) atoms. The highest BCUT2D eigenvalue weighted by Gasteiger charge is 2.46. The van der Waals surface area contributed by atoms with E-state index in [0.29, 0.717) is 24.5 Å². The molecule has 1 aliphatic rings. The number of hydrogen-bond donors (Lipinski definition) is 2. The van der Waals surface area contributed by atoms with Crippen LogP contribution >= 0.6 is 0 Å². The summed E-state index contributed by atoms with van der Waals surface area (Å²) < 4.78 is 7.33. The van der Waals surface area contributed by atoms with Crippen molar-refractivity contribution in [1.82, 2.24) is 15.1 Å². The van der Waals surface area contributed by atoms with Gasteiger partial charge in [-0.05, 0) is 25.1 Å². The van der Waals surface area contributed by atoms with Gasteiger partial charge in [0, 0.05) is 18.9 Å². The summed E-state index contributed by atoms with van der Waals surface area (Å²) in [5, 5.41) is 9.44. The van der Waals surface area contributed by atoms with Gasteiger partial charge in [-0.15, -0.1) is 0 Å². The molecular weight excluding hydrogens is 284 g/mol. The van der Waals surface area contributed by atoms with Gasteiger partial charge in [0.25, 0.3) is 17.4 Å². The maximum Gasteiger partial charge on any atom is 0.278 e. The molecule has 0 bridgehead atoms. The first-order valence-electron chi connectivity index (χ1n) is 6.95. The Morgan fingerprint density at radius 2 is 2.23 bits per heavy atom. The fourth-order valence-corrected chi connectivity index (χ4v) is 2.20. The summed E-state index contributed by atoms with van der Waals surface area (Å²) in [7, 11) is 0. The minimum Gasteiger partial charge on any atom is -0.466 e. The van der Waals surface area contributed by atoms with Crippen LogP contribution in [-0.2, 0) is 16.1 Å². The Bertz CT molecular complexity index is 699. The maximum absolute atomic E-state index is 12.3. The van der Waals surface area contributed by atoms with Crippen molar-refractivity contribution in [3.8, 4) is 5.75 Å². The van der Waals surface area contributed by atoms with Gasteiger partial charge in [0.15, 0.2) is 0 Å². The molecule has 0 radical (unpaired) electrons. The molecule has 7 heteroatoms. The van der Waals surface area contributed by atoms with Gasteiger partial charge >= 0.3 is 0 Å². The zero-order valence-electron chi connectivity index (χ0n) is 12.1. The van der Waals surface area contributed by atoms with E-state index in [1.54, 1.807) is 47.4 Å². The van der Waals surface area contributed by atoms with Crippen molar-refractivity contribution in [2.24, 2.45) is 0 Å². The Kier molecular flexibility index (Phi) is 3.54. The second kappa shape index (κ2) is 5.51. The van der Waals surface area contributed by atoms with Gasteiger partial charge in [0.05, 0.1) is 12.2 Å². The third-order valence-electron chi connectivity index (χ3n) is 3.50. The molecule has 114 valence electrons. The van der Waals surface area contributed by atoms with Crippen LogP contribution in [-0.4, -0.2) is 33.7 Å². The van der Waals surface area contributed by atoms with Crippen LogP contribution < -0.4 is 15.4 Å². The van der Waals surface area contributed by atoms with Gasteiger partial charge in [-0.3, -0.25) is 14.3 Å². The number of nitrogens with zero attached hydrogens (tertiary/aromatic N) is 2. The van der Waals surface area contributed by atoms with Crippen LogP contribution in [0.15, 0.2) is 42.7 Å². The number of carbonyl (C=O) groups excluding carboxylic acids is 2. The Balaban J connectivity index is 1.67. The van der Waals surface area contributed by atoms with Crippen molar-refractivity contribution in [1.29, 1.82) is 0 Å². The SMILES string of the molecule is C[C@]1(C(=O)NCCn2cccn2)Oc2ccccc2NC1=O. The molecular formula is C15H16N4O3. The lowest BCUT2D eigenvalue weighted by atomic mass is 10.0. The molecule has 0 unspecified atom stereocenters. The molecule has 0 saturated carbocycles. The highest BCUT2D eigenvalue weighted by atomic mass is 16.5. The normalized spacial score (nSPS) is 19.8. The second-order valence-corrected chi connectivity index (χ2v) is 5.11. The number of amides is 2. The maximum atomic E-state index is 12.3. The number of benzene rings is 1. The zero-order valence-corrected chi connectivity index (χ0v) is 12.1. The summed E-state index contributed by atoms with van der Waals surface area (Å²) in [6.45, 7) is 2.34. The zero-order chi connectivity index (χ0) is 15.6. The summed E-state index contributed by atoms with van der Waals surface area (Å²) in [6, 6.07) is 8.81. The highest BCUT2D eigenvalue weighted by molar-refractivity contribution is 6.15. The van der Waals surface area contributed by atoms with Crippen LogP contribution in [0.1, 0.15) is 6.92 Å². The van der Waals surface area contributed by atoms with Gasteiger partial charge in [0.1, 0.15) is 5.75 Å². The molecule has 2 heterocycles. The monoisotopic (exact) mass is 300 g/mol. The molecule has 3 rings (SSSR count).